The number of benzene rings is 1. The zero-order valence-electron chi connectivity index (χ0n) is 9.22. The lowest BCUT2D eigenvalue weighted by Crippen LogP contribution is -2.01. The highest BCUT2D eigenvalue weighted by Gasteiger charge is 2.12. The Morgan fingerprint density at radius 1 is 1.53 bits per heavy atom. The number of halogens is 1. The number of hydrogen-bond donors (Lipinski definition) is 0. The molecule has 0 amide bonds. The summed E-state index contributed by atoms with van der Waals surface area (Å²) in [6.07, 6.45) is 2.51. The molecule has 1 radical (unpaired) electrons. The average molecular weight is 207 g/mol. The fourth-order valence-electron chi connectivity index (χ4n) is 1.25. The van der Waals surface area contributed by atoms with Gasteiger partial charge in [0.05, 0.1) is 6.61 Å². The summed E-state index contributed by atoms with van der Waals surface area (Å²) < 4.78 is 19.1. The summed E-state index contributed by atoms with van der Waals surface area (Å²) in [5, 5.41) is 0. The highest BCUT2D eigenvalue weighted by atomic mass is 19.1. The van der Waals surface area contributed by atoms with Gasteiger partial charge < -0.3 is 4.74 Å². The summed E-state index contributed by atoms with van der Waals surface area (Å²) in [4.78, 5) is 0. The molecule has 15 heavy (non-hydrogen) atoms. The van der Waals surface area contributed by atoms with Gasteiger partial charge in [-0.3, -0.25) is 0 Å². The van der Waals surface area contributed by atoms with E-state index < -0.39 is 0 Å². The van der Waals surface area contributed by atoms with Gasteiger partial charge in [0.15, 0.2) is 11.6 Å². The Bertz CT molecular complexity index is 333. The van der Waals surface area contributed by atoms with E-state index in [2.05, 4.69) is 6.58 Å². The van der Waals surface area contributed by atoms with Crippen LogP contribution in [-0.2, 0) is 0 Å². The Kier molecular flexibility index (Phi) is 4.35. The smallest absolute Gasteiger partial charge is 0.169 e. The van der Waals surface area contributed by atoms with Crippen LogP contribution in [0, 0.1) is 11.7 Å². The van der Waals surface area contributed by atoms with Crippen molar-refractivity contribution in [2.75, 3.05) is 6.61 Å². The lowest BCUT2D eigenvalue weighted by molar-refractivity contribution is 0.300. The molecule has 0 aliphatic heterocycles. The van der Waals surface area contributed by atoms with Crippen molar-refractivity contribution in [3.8, 4) is 5.75 Å². The van der Waals surface area contributed by atoms with Crippen LogP contribution in [0.4, 0.5) is 4.39 Å². The molecule has 0 saturated carbocycles. The van der Waals surface area contributed by atoms with Gasteiger partial charge in [-0.15, -0.1) is 6.58 Å². The van der Waals surface area contributed by atoms with Crippen LogP contribution >= 0.6 is 0 Å². The lowest BCUT2D eigenvalue weighted by Gasteiger charge is -2.11. The van der Waals surface area contributed by atoms with Gasteiger partial charge in [-0.05, 0) is 12.5 Å². The van der Waals surface area contributed by atoms with Crippen LogP contribution in [0.5, 0.6) is 5.75 Å². The van der Waals surface area contributed by atoms with E-state index in [0.29, 0.717) is 17.9 Å². The van der Waals surface area contributed by atoms with Crippen LogP contribution < -0.4 is 4.74 Å². The van der Waals surface area contributed by atoms with Crippen LogP contribution in [0.25, 0.3) is 0 Å². The van der Waals surface area contributed by atoms with Gasteiger partial charge in [0.1, 0.15) is 0 Å². The van der Waals surface area contributed by atoms with E-state index in [4.69, 9.17) is 4.74 Å². The number of ether oxygens (including phenoxy) is 1. The van der Waals surface area contributed by atoms with Crippen molar-refractivity contribution in [1.82, 2.24) is 0 Å². The summed E-state index contributed by atoms with van der Waals surface area (Å²) in [5.74, 6) is 0.827. The molecule has 0 aromatic heterocycles. The average Bonchev–Trinajstić information content (AvgIpc) is 2.27. The Hall–Kier alpha value is -1.31. The molecule has 0 N–H and O–H groups in total. The first kappa shape index (κ1) is 11.8. The van der Waals surface area contributed by atoms with Crippen LogP contribution in [-0.4, -0.2) is 6.61 Å². The third-order valence-electron chi connectivity index (χ3n) is 2.16. The second kappa shape index (κ2) is 5.54. The quantitative estimate of drug-likeness (QED) is 0.714. The highest BCUT2D eigenvalue weighted by molar-refractivity contribution is 5.42. The largest absolute Gasteiger partial charge is 0.491 e. The highest BCUT2D eigenvalue weighted by Crippen LogP contribution is 2.26. The van der Waals surface area contributed by atoms with E-state index in [1.54, 1.807) is 24.3 Å². The molecule has 1 rings (SSSR count). The topological polar surface area (TPSA) is 9.23 Å². The molecule has 1 aromatic carbocycles. The van der Waals surface area contributed by atoms with Gasteiger partial charge >= 0.3 is 0 Å². The van der Waals surface area contributed by atoms with Crippen molar-refractivity contribution < 1.29 is 9.13 Å². The molecule has 0 atom stereocenters. The Balaban J connectivity index is 2.94. The summed E-state index contributed by atoms with van der Waals surface area (Å²) in [6.45, 7) is 7.98. The predicted molar refractivity (Wildman–Crippen MR) is 60.4 cm³/mol. The monoisotopic (exact) mass is 207 g/mol. The van der Waals surface area contributed by atoms with Crippen molar-refractivity contribution in [3.05, 3.63) is 48.2 Å². The van der Waals surface area contributed by atoms with Gasteiger partial charge in [-0.2, -0.15) is 0 Å². The minimum Gasteiger partial charge on any atom is -0.491 e. The maximum Gasteiger partial charge on any atom is 0.169 e. The molecule has 2 heteroatoms. The molecule has 0 unspecified atom stereocenters. The number of rotatable bonds is 5. The summed E-state index contributed by atoms with van der Waals surface area (Å²) >= 11 is 0. The van der Waals surface area contributed by atoms with Gasteiger partial charge in [0.25, 0.3) is 0 Å². The van der Waals surface area contributed by atoms with E-state index in [1.165, 1.54) is 0 Å². The first-order chi connectivity index (χ1) is 7.20. The maximum absolute atomic E-state index is 13.8. The Morgan fingerprint density at radius 2 is 2.27 bits per heavy atom. The molecule has 0 bridgehead atoms. The van der Waals surface area contributed by atoms with E-state index in [0.717, 1.165) is 12.3 Å². The first-order valence-corrected chi connectivity index (χ1v) is 5.08. The van der Waals surface area contributed by atoms with Crippen molar-refractivity contribution in [2.24, 2.45) is 0 Å². The fourth-order valence-corrected chi connectivity index (χ4v) is 1.25. The van der Waals surface area contributed by atoms with Crippen molar-refractivity contribution >= 4 is 0 Å². The van der Waals surface area contributed by atoms with Crippen LogP contribution in [0.1, 0.15) is 25.8 Å². The lowest BCUT2D eigenvalue weighted by atomic mass is 10.0. The third kappa shape index (κ3) is 2.82. The standard InChI is InChI=1S/C13H16FO/c1-4-9-15-12-8-6-7-11(13(12)14)10(3)5-2/h5-8H,2,4,9H2,1,3H3. The molecule has 0 aliphatic carbocycles. The van der Waals surface area contributed by atoms with E-state index in [9.17, 15) is 4.39 Å². The third-order valence-corrected chi connectivity index (χ3v) is 2.16. The fraction of sp³-hybridized carbons (Fsp3) is 0.308. The SMILES string of the molecule is C=C[C](C)c1cccc(OCCC)c1F. The van der Waals surface area contributed by atoms with Gasteiger partial charge in [-0.1, -0.05) is 32.1 Å². The summed E-state index contributed by atoms with van der Waals surface area (Å²) in [7, 11) is 0. The summed E-state index contributed by atoms with van der Waals surface area (Å²) in [6, 6.07) is 5.16. The second-order valence-electron chi connectivity index (χ2n) is 3.35. The Morgan fingerprint density at radius 3 is 2.87 bits per heavy atom. The molecule has 1 aromatic rings. The van der Waals surface area contributed by atoms with Gasteiger partial charge in [-0.25, -0.2) is 4.39 Å². The molecule has 1 nitrogen and oxygen atoms in total. The van der Waals surface area contributed by atoms with Crippen molar-refractivity contribution in [3.63, 3.8) is 0 Å². The molecule has 0 fully saturated rings. The van der Waals surface area contributed by atoms with Crippen molar-refractivity contribution in [1.29, 1.82) is 0 Å². The second-order valence-corrected chi connectivity index (χ2v) is 3.35. The first-order valence-electron chi connectivity index (χ1n) is 5.08. The molecule has 0 heterocycles. The van der Waals surface area contributed by atoms with Crippen LogP contribution in [0.2, 0.25) is 0 Å². The van der Waals surface area contributed by atoms with E-state index in [1.807, 2.05) is 13.8 Å². The minimum absolute atomic E-state index is 0.302. The maximum atomic E-state index is 13.8. The van der Waals surface area contributed by atoms with E-state index in [-0.39, 0.29) is 5.82 Å². The molecule has 0 spiro atoms. The molecule has 81 valence electrons. The predicted octanol–water partition coefficient (Wildman–Crippen LogP) is 3.74. The van der Waals surface area contributed by atoms with Gasteiger partial charge in [0.2, 0.25) is 0 Å². The molecular weight excluding hydrogens is 191 g/mol. The van der Waals surface area contributed by atoms with Crippen molar-refractivity contribution in [2.45, 2.75) is 20.3 Å². The minimum atomic E-state index is -0.302. The molecular formula is C13H16FO. The Labute approximate surface area is 90.6 Å². The number of allylic oxidation sites excluding steroid dienone is 1. The number of hydrogen-bond acceptors (Lipinski definition) is 1. The van der Waals surface area contributed by atoms with E-state index >= 15 is 0 Å². The summed E-state index contributed by atoms with van der Waals surface area (Å²) in [5.41, 5.74) is 0.554. The van der Waals surface area contributed by atoms with Gasteiger partial charge in [0, 0.05) is 11.5 Å². The zero-order valence-corrected chi connectivity index (χ0v) is 9.22. The van der Waals surface area contributed by atoms with Crippen LogP contribution in [0.15, 0.2) is 30.9 Å². The normalized spacial score (nSPS) is 10.4. The van der Waals surface area contributed by atoms with Crippen LogP contribution in [0.3, 0.4) is 0 Å². The molecule has 0 saturated heterocycles. The zero-order chi connectivity index (χ0) is 11.3. The molecule has 0 aliphatic rings.